The van der Waals surface area contributed by atoms with Crippen molar-refractivity contribution < 1.29 is 19.1 Å². The van der Waals surface area contributed by atoms with Crippen molar-refractivity contribution >= 4 is 18.8 Å². The number of piperidine rings is 1. The first-order chi connectivity index (χ1) is 10.4. The lowest BCUT2D eigenvalue weighted by atomic mass is 9.82. The van der Waals surface area contributed by atoms with Gasteiger partial charge in [0.05, 0.1) is 12.0 Å². The fourth-order valence-corrected chi connectivity index (χ4v) is 2.62. The van der Waals surface area contributed by atoms with E-state index in [4.69, 9.17) is 4.74 Å². The summed E-state index contributed by atoms with van der Waals surface area (Å²) in [6, 6.07) is 2.52. The lowest BCUT2D eigenvalue weighted by Crippen LogP contribution is -2.41. The van der Waals surface area contributed by atoms with Crippen LogP contribution < -0.4 is 4.74 Å². The molecule has 1 aliphatic rings. The third kappa shape index (κ3) is 3.64. The molecule has 1 aromatic rings. The van der Waals surface area contributed by atoms with Crippen LogP contribution in [-0.4, -0.2) is 42.0 Å². The summed E-state index contributed by atoms with van der Waals surface area (Å²) in [4.78, 5) is 12.2. The molecule has 1 heterocycles. The van der Waals surface area contributed by atoms with Gasteiger partial charge in [-0.3, -0.25) is 10.1 Å². The quantitative estimate of drug-likeness (QED) is 0.525. The maximum atomic E-state index is 13.9. The molecule has 1 aromatic carbocycles. The second-order valence-electron chi connectivity index (χ2n) is 5.32. The number of hydrogen-bond acceptors (Lipinski definition) is 5. The monoisotopic (exact) mass is 308 g/mol. The molecular weight excluding hydrogens is 290 g/mol. The van der Waals surface area contributed by atoms with E-state index in [1.165, 1.54) is 19.2 Å². The van der Waals surface area contributed by atoms with Gasteiger partial charge in [-0.1, -0.05) is 11.6 Å². The van der Waals surface area contributed by atoms with Crippen LogP contribution in [0, 0.1) is 15.9 Å². The molecule has 118 valence electrons. The van der Waals surface area contributed by atoms with Crippen molar-refractivity contribution in [2.24, 2.45) is 0 Å². The van der Waals surface area contributed by atoms with Gasteiger partial charge in [0.25, 0.3) is 0 Å². The van der Waals surface area contributed by atoms with Crippen molar-refractivity contribution in [3.05, 3.63) is 39.2 Å². The van der Waals surface area contributed by atoms with Gasteiger partial charge in [0.1, 0.15) is 0 Å². The first-order valence-corrected chi connectivity index (χ1v) is 7.06. The lowest BCUT2D eigenvalue weighted by molar-refractivity contribution is -0.386. The second-order valence-corrected chi connectivity index (χ2v) is 5.32. The molecule has 0 unspecified atom stereocenters. The molecule has 1 saturated heterocycles. The van der Waals surface area contributed by atoms with Gasteiger partial charge in [-0.15, -0.1) is 0 Å². The summed E-state index contributed by atoms with van der Waals surface area (Å²) in [5.41, 5.74) is 1.04. The summed E-state index contributed by atoms with van der Waals surface area (Å²) in [5.74, 6) is -1.12. The molecule has 22 heavy (non-hydrogen) atoms. The largest absolute Gasteiger partial charge is 0.488 e. The Morgan fingerprint density at radius 3 is 2.86 bits per heavy atom. The highest BCUT2D eigenvalue weighted by Crippen LogP contribution is 2.32. The van der Waals surface area contributed by atoms with Crippen molar-refractivity contribution in [1.82, 2.24) is 4.81 Å². The minimum atomic E-state index is -0.758. The molecule has 1 aliphatic heterocycles. The molecule has 8 heteroatoms. The molecule has 0 aromatic heterocycles. The zero-order valence-electron chi connectivity index (χ0n) is 12.6. The number of halogens is 1. The highest BCUT2D eigenvalue weighted by molar-refractivity contribution is 6.45. The Balaban J connectivity index is 2.33. The average Bonchev–Trinajstić information content (AvgIpc) is 2.46. The van der Waals surface area contributed by atoms with Gasteiger partial charge >= 0.3 is 12.7 Å². The van der Waals surface area contributed by atoms with Crippen LogP contribution >= 0.6 is 0 Å². The summed E-state index contributed by atoms with van der Waals surface area (Å²) in [6.45, 7) is 3.06. The smallest absolute Gasteiger partial charge is 0.376 e. The van der Waals surface area contributed by atoms with E-state index in [-0.39, 0.29) is 5.75 Å². The minimum absolute atomic E-state index is 0.360. The molecule has 0 atom stereocenters. The average molecular weight is 308 g/mol. The van der Waals surface area contributed by atoms with E-state index < -0.39 is 23.5 Å². The first-order valence-electron chi connectivity index (χ1n) is 7.06. The summed E-state index contributed by atoms with van der Waals surface area (Å²) in [6.07, 6.45) is 3.45. The van der Waals surface area contributed by atoms with E-state index in [1.54, 1.807) is 12.9 Å². The van der Waals surface area contributed by atoms with Crippen molar-refractivity contribution in [1.29, 1.82) is 0 Å². The number of hydrogen-bond donors (Lipinski definition) is 1. The number of methoxy groups -OCH3 is 1. The summed E-state index contributed by atoms with van der Waals surface area (Å²) in [7, 11) is 0.649. The minimum Gasteiger partial charge on any atom is -0.488 e. The molecule has 1 N–H and O–H groups in total. The maximum Gasteiger partial charge on any atom is 0.376 e. The van der Waals surface area contributed by atoms with Crippen molar-refractivity contribution in [2.75, 3.05) is 20.2 Å². The number of rotatable bonds is 4. The Morgan fingerprint density at radius 2 is 2.27 bits per heavy atom. The summed E-state index contributed by atoms with van der Waals surface area (Å²) < 4.78 is 18.7. The highest BCUT2D eigenvalue weighted by Gasteiger charge is 2.23. The van der Waals surface area contributed by atoms with Crippen LogP contribution in [-0.2, 0) is 0 Å². The number of nitrogens with zero attached hydrogens (tertiary/aromatic N) is 2. The molecule has 0 spiro atoms. The Kier molecular flexibility index (Phi) is 5.15. The van der Waals surface area contributed by atoms with Crippen LogP contribution in [0.2, 0.25) is 6.82 Å². The Labute approximate surface area is 128 Å². The molecular formula is C14H18BFN2O4. The van der Waals surface area contributed by atoms with Gasteiger partial charge in [0.15, 0.2) is 5.82 Å². The van der Waals surface area contributed by atoms with Crippen LogP contribution in [0.15, 0.2) is 17.7 Å². The number of nitro groups is 1. The standard InChI is InChI=1S/C14H18BFN2O4/c1-15(19)17-5-3-4-10(9-17)6-11-7-12(16)14(22-2)13(8-11)18(20)21/h6-8,19H,3-5,9H2,1-2H3/b10-6+. The Bertz CT molecular complexity index is 607. The van der Waals surface area contributed by atoms with Gasteiger partial charge in [-0.25, -0.2) is 4.39 Å². The van der Waals surface area contributed by atoms with Gasteiger partial charge in [-0.05, 0) is 37.8 Å². The number of benzene rings is 1. The van der Waals surface area contributed by atoms with E-state index in [2.05, 4.69) is 0 Å². The molecule has 0 bridgehead atoms. The summed E-state index contributed by atoms with van der Waals surface area (Å²) in [5, 5.41) is 20.6. The molecule has 0 aliphatic carbocycles. The van der Waals surface area contributed by atoms with Crippen LogP contribution in [0.3, 0.4) is 0 Å². The SMILES string of the molecule is COc1c(F)cc(/C=C2\CCCN(B(C)O)C2)cc1[N+](=O)[O-]. The van der Waals surface area contributed by atoms with Crippen molar-refractivity contribution in [3.8, 4) is 5.75 Å². The van der Waals surface area contributed by atoms with Crippen LogP contribution in [0.1, 0.15) is 18.4 Å². The van der Waals surface area contributed by atoms with Crippen molar-refractivity contribution in [3.63, 3.8) is 0 Å². The van der Waals surface area contributed by atoms with Crippen LogP contribution in [0.25, 0.3) is 6.08 Å². The second kappa shape index (κ2) is 6.89. The van der Waals surface area contributed by atoms with Gasteiger partial charge in [0, 0.05) is 12.6 Å². The highest BCUT2D eigenvalue weighted by atomic mass is 19.1. The van der Waals surface area contributed by atoms with Gasteiger partial charge in [0.2, 0.25) is 5.75 Å². The topological polar surface area (TPSA) is 75.8 Å². The molecule has 6 nitrogen and oxygen atoms in total. The summed E-state index contributed by atoms with van der Waals surface area (Å²) >= 11 is 0. The Morgan fingerprint density at radius 1 is 1.55 bits per heavy atom. The fourth-order valence-electron chi connectivity index (χ4n) is 2.62. The molecule has 2 rings (SSSR count). The third-order valence-corrected chi connectivity index (χ3v) is 3.70. The first kappa shape index (κ1) is 16.4. The van der Waals surface area contributed by atoms with Gasteiger partial charge in [-0.2, -0.15) is 0 Å². The van der Waals surface area contributed by atoms with E-state index in [0.717, 1.165) is 25.0 Å². The normalized spacial score (nSPS) is 17.5. The predicted molar refractivity (Wildman–Crippen MR) is 82.2 cm³/mol. The van der Waals surface area contributed by atoms with Crippen LogP contribution in [0.5, 0.6) is 5.75 Å². The van der Waals surface area contributed by atoms with Gasteiger partial charge < -0.3 is 14.6 Å². The number of nitro benzene ring substituents is 1. The Hall–Kier alpha value is -1.93. The predicted octanol–water partition coefficient (Wildman–Crippen LogP) is 2.33. The fraction of sp³-hybridized carbons (Fsp3) is 0.429. The molecule has 0 radical (unpaired) electrons. The number of ether oxygens (including phenoxy) is 1. The van der Waals surface area contributed by atoms with E-state index in [1.807, 2.05) is 4.81 Å². The van der Waals surface area contributed by atoms with Crippen LogP contribution in [0.4, 0.5) is 10.1 Å². The maximum absolute atomic E-state index is 13.9. The van der Waals surface area contributed by atoms with E-state index in [0.29, 0.717) is 12.1 Å². The zero-order valence-corrected chi connectivity index (χ0v) is 12.6. The molecule has 0 amide bonds. The third-order valence-electron chi connectivity index (χ3n) is 3.70. The van der Waals surface area contributed by atoms with E-state index >= 15 is 0 Å². The van der Waals surface area contributed by atoms with E-state index in [9.17, 15) is 19.5 Å². The molecule has 0 saturated carbocycles. The zero-order chi connectivity index (χ0) is 16.3. The lowest BCUT2D eigenvalue weighted by Gasteiger charge is -2.29. The van der Waals surface area contributed by atoms with Crippen molar-refractivity contribution in [2.45, 2.75) is 19.7 Å². The molecule has 1 fully saturated rings.